The number of pyridine rings is 1. The number of aromatic nitrogens is 1. The second-order valence-corrected chi connectivity index (χ2v) is 6.31. The van der Waals surface area contributed by atoms with Crippen molar-refractivity contribution in [2.75, 3.05) is 0 Å². The van der Waals surface area contributed by atoms with Crippen molar-refractivity contribution in [3.63, 3.8) is 0 Å². The Kier molecular flexibility index (Phi) is 3.91. The Labute approximate surface area is 145 Å². The van der Waals surface area contributed by atoms with Crippen molar-refractivity contribution in [2.24, 2.45) is 0 Å². The molecule has 24 heavy (non-hydrogen) atoms. The highest BCUT2D eigenvalue weighted by molar-refractivity contribution is 6.30. The molecular weight excluding hydrogens is 321 g/mol. The lowest BCUT2D eigenvalue weighted by Gasteiger charge is -2.12. The lowest BCUT2D eigenvalue weighted by atomic mass is 9.93. The van der Waals surface area contributed by atoms with Gasteiger partial charge in [0.2, 0.25) is 0 Å². The van der Waals surface area contributed by atoms with Gasteiger partial charge in [-0.25, -0.2) is 4.39 Å². The summed E-state index contributed by atoms with van der Waals surface area (Å²) < 4.78 is 14.4. The van der Waals surface area contributed by atoms with Crippen molar-refractivity contribution in [2.45, 2.75) is 12.8 Å². The van der Waals surface area contributed by atoms with E-state index >= 15 is 0 Å². The van der Waals surface area contributed by atoms with E-state index in [0.29, 0.717) is 11.4 Å². The Hall–Kier alpha value is -2.45. The fourth-order valence-corrected chi connectivity index (χ4v) is 3.45. The van der Waals surface area contributed by atoms with Crippen LogP contribution in [0.3, 0.4) is 0 Å². The van der Waals surface area contributed by atoms with E-state index in [1.54, 1.807) is 12.3 Å². The largest absolute Gasteiger partial charge is 0.261 e. The van der Waals surface area contributed by atoms with Gasteiger partial charge in [0.05, 0.1) is 0 Å². The van der Waals surface area contributed by atoms with Crippen molar-refractivity contribution in [3.8, 4) is 0 Å². The number of rotatable bonds is 1. The van der Waals surface area contributed by atoms with E-state index in [4.69, 9.17) is 11.6 Å². The van der Waals surface area contributed by atoms with Gasteiger partial charge in [-0.05, 0) is 65.4 Å². The average molecular weight is 336 g/mol. The Morgan fingerprint density at radius 2 is 1.79 bits per heavy atom. The summed E-state index contributed by atoms with van der Waals surface area (Å²) in [4.78, 5) is 4.51. The summed E-state index contributed by atoms with van der Waals surface area (Å²) in [5.74, 6) is -0.155. The third-order valence-electron chi connectivity index (χ3n) is 4.36. The molecule has 0 fully saturated rings. The third-order valence-corrected chi connectivity index (χ3v) is 4.60. The van der Waals surface area contributed by atoms with Gasteiger partial charge in [0.15, 0.2) is 0 Å². The maximum absolute atomic E-state index is 14.4. The van der Waals surface area contributed by atoms with E-state index in [1.807, 2.05) is 36.4 Å². The summed E-state index contributed by atoms with van der Waals surface area (Å²) in [5, 5.41) is 0.684. The molecule has 0 amide bonds. The summed E-state index contributed by atoms with van der Waals surface area (Å²) in [6.07, 6.45) is 5.24. The Bertz CT molecular complexity index is 946. The minimum absolute atomic E-state index is 0.155. The van der Waals surface area contributed by atoms with E-state index < -0.39 is 0 Å². The molecule has 4 rings (SSSR count). The van der Waals surface area contributed by atoms with Crippen LogP contribution in [-0.4, -0.2) is 4.98 Å². The average Bonchev–Trinajstić information content (AvgIpc) is 2.74. The number of hydrogen-bond acceptors (Lipinski definition) is 1. The minimum Gasteiger partial charge on any atom is -0.261 e. The van der Waals surface area contributed by atoms with Gasteiger partial charge in [-0.1, -0.05) is 41.9 Å². The SMILES string of the molecule is Fc1cccc2c1CCc1ncccc1C2=Cc1cccc(Cl)c1. The fraction of sp³-hybridized carbons (Fsp3) is 0.0952. The van der Waals surface area contributed by atoms with Crippen molar-refractivity contribution in [1.82, 2.24) is 4.98 Å². The molecule has 3 heteroatoms. The molecule has 0 unspecified atom stereocenters. The zero-order valence-electron chi connectivity index (χ0n) is 13.0. The summed E-state index contributed by atoms with van der Waals surface area (Å²) in [6.45, 7) is 0. The first kappa shape index (κ1) is 15.1. The third kappa shape index (κ3) is 2.74. The Balaban J connectivity index is 1.99. The lowest BCUT2D eigenvalue weighted by Crippen LogP contribution is -1.96. The maximum atomic E-state index is 14.4. The monoisotopic (exact) mass is 335 g/mol. The van der Waals surface area contributed by atoms with E-state index in [0.717, 1.165) is 39.9 Å². The molecule has 1 nitrogen and oxygen atoms in total. The van der Waals surface area contributed by atoms with Gasteiger partial charge in [-0.3, -0.25) is 4.98 Å². The van der Waals surface area contributed by atoms with Gasteiger partial charge in [0.25, 0.3) is 0 Å². The molecule has 1 aromatic heterocycles. The van der Waals surface area contributed by atoms with Crippen LogP contribution < -0.4 is 0 Å². The highest BCUT2D eigenvalue weighted by atomic mass is 35.5. The van der Waals surface area contributed by atoms with Gasteiger partial charge in [0.1, 0.15) is 5.82 Å². The highest BCUT2D eigenvalue weighted by Crippen LogP contribution is 2.35. The Morgan fingerprint density at radius 3 is 2.67 bits per heavy atom. The van der Waals surface area contributed by atoms with Crippen molar-refractivity contribution >= 4 is 23.3 Å². The molecule has 1 heterocycles. The highest BCUT2D eigenvalue weighted by Gasteiger charge is 2.20. The molecule has 2 aromatic carbocycles. The molecule has 0 N–H and O–H groups in total. The zero-order chi connectivity index (χ0) is 16.5. The molecule has 0 saturated heterocycles. The number of benzene rings is 2. The number of halogens is 2. The van der Waals surface area contributed by atoms with Gasteiger partial charge in [0, 0.05) is 22.5 Å². The van der Waals surface area contributed by atoms with Crippen molar-refractivity contribution in [1.29, 1.82) is 0 Å². The summed E-state index contributed by atoms with van der Waals surface area (Å²) in [7, 11) is 0. The van der Waals surface area contributed by atoms with Crippen LogP contribution >= 0.6 is 11.6 Å². The fourth-order valence-electron chi connectivity index (χ4n) is 3.25. The second-order valence-electron chi connectivity index (χ2n) is 5.88. The standard InChI is InChI=1S/C21H15ClFN/c22-15-5-1-4-14(12-15)13-19-16-6-2-8-20(23)17(16)9-10-21-18(19)7-3-11-24-21/h1-8,11-13H,9-10H2. The molecule has 0 radical (unpaired) electrons. The molecule has 0 spiro atoms. The number of fused-ring (bicyclic) bond motifs is 2. The van der Waals surface area contributed by atoms with Crippen LogP contribution in [0.15, 0.2) is 60.8 Å². The summed E-state index contributed by atoms with van der Waals surface area (Å²) in [6, 6.07) is 16.9. The predicted molar refractivity (Wildman–Crippen MR) is 96.5 cm³/mol. The second kappa shape index (κ2) is 6.21. The zero-order valence-corrected chi connectivity index (χ0v) is 13.7. The quantitative estimate of drug-likeness (QED) is 0.567. The topological polar surface area (TPSA) is 12.9 Å². The summed E-state index contributed by atoms with van der Waals surface area (Å²) in [5.41, 5.74) is 5.73. The van der Waals surface area contributed by atoms with E-state index in [1.165, 1.54) is 6.07 Å². The van der Waals surface area contributed by atoms with Crippen molar-refractivity contribution < 1.29 is 4.39 Å². The van der Waals surface area contributed by atoms with Gasteiger partial charge in [-0.15, -0.1) is 0 Å². The molecule has 3 aromatic rings. The van der Waals surface area contributed by atoms with Crippen LogP contribution in [0, 0.1) is 5.82 Å². The first-order valence-electron chi connectivity index (χ1n) is 7.91. The van der Waals surface area contributed by atoms with Crippen LogP contribution in [-0.2, 0) is 12.8 Å². The molecule has 0 atom stereocenters. The van der Waals surface area contributed by atoms with Gasteiger partial charge < -0.3 is 0 Å². The molecule has 1 aliphatic carbocycles. The molecule has 118 valence electrons. The predicted octanol–water partition coefficient (Wildman–Crippen LogP) is 5.56. The van der Waals surface area contributed by atoms with E-state index in [2.05, 4.69) is 17.1 Å². The molecule has 0 bridgehead atoms. The lowest BCUT2D eigenvalue weighted by molar-refractivity contribution is 0.608. The van der Waals surface area contributed by atoms with Gasteiger partial charge >= 0.3 is 0 Å². The van der Waals surface area contributed by atoms with Crippen LogP contribution in [0.25, 0.3) is 11.6 Å². The van der Waals surface area contributed by atoms with E-state index in [9.17, 15) is 4.39 Å². The number of nitrogens with zero attached hydrogens (tertiary/aromatic N) is 1. The molecule has 1 aliphatic rings. The minimum atomic E-state index is -0.155. The molecule has 0 aliphatic heterocycles. The molecular formula is C21H15ClFN. The number of aryl methyl sites for hydroxylation is 1. The normalized spacial score (nSPS) is 14.8. The van der Waals surface area contributed by atoms with Crippen LogP contribution in [0.4, 0.5) is 4.39 Å². The van der Waals surface area contributed by atoms with Gasteiger partial charge in [-0.2, -0.15) is 0 Å². The van der Waals surface area contributed by atoms with Crippen LogP contribution in [0.1, 0.15) is 27.9 Å². The molecule has 0 saturated carbocycles. The van der Waals surface area contributed by atoms with Crippen LogP contribution in [0.2, 0.25) is 5.02 Å². The van der Waals surface area contributed by atoms with Crippen molar-refractivity contribution in [3.05, 3.63) is 99.6 Å². The first-order valence-corrected chi connectivity index (χ1v) is 8.29. The van der Waals surface area contributed by atoms with E-state index in [-0.39, 0.29) is 5.82 Å². The number of hydrogen-bond donors (Lipinski definition) is 0. The summed E-state index contributed by atoms with van der Waals surface area (Å²) >= 11 is 6.12. The first-order chi connectivity index (χ1) is 11.7. The van der Waals surface area contributed by atoms with Crippen LogP contribution in [0.5, 0.6) is 0 Å². The maximum Gasteiger partial charge on any atom is 0.127 e. The Morgan fingerprint density at radius 1 is 0.958 bits per heavy atom. The smallest absolute Gasteiger partial charge is 0.127 e.